The van der Waals surface area contributed by atoms with Gasteiger partial charge in [-0.05, 0) is 69.6 Å². The lowest BCUT2D eigenvalue weighted by molar-refractivity contribution is -0.143. The molecule has 0 bridgehead atoms. The van der Waals surface area contributed by atoms with Crippen molar-refractivity contribution < 1.29 is 23.9 Å². The van der Waals surface area contributed by atoms with Gasteiger partial charge in [0.2, 0.25) is 17.7 Å². The summed E-state index contributed by atoms with van der Waals surface area (Å²) in [6, 6.07) is 26.6. The number of fused-ring (bicyclic) bond motifs is 1. The molecule has 5 atom stereocenters. The molecular weight excluding hydrogens is 630 g/mol. The molecule has 2 heterocycles. The van der Waals surface area contributed by atoms with E-state index in [1.165, 1.54) is 0 Å². The van der Waals surface area contributed by atoms with Crippen LogP contribution in [0.15, 0.2) is 91.0 Å². The Bertz CT molecular complexity index is 1540. The first-order valence-electron chi connectivity index (χ1n) is 17.8. The van der Waals surface area contributed by atoms with Crippen LogP contribution in [0.4, 0.5) is 4.79 Å². The van der Waals surface area contributed by atoms with Gasteiger partial charge in [0.25, 0.3) is 0 Å². The van der Waals surface area contributed by atoms with E-state index in [0.717, 1.165) is 16.7 Å². The molecule has 2 saturated heterocycles. The third kappa shape index (κ3) is 9.50. The first-order valence-corrected chi connectivity index (χ1v) is 17.8. The topological polar surface area (TPSA) is 129 Å². The molecule has 50 heavy (non-hydrogen) atoms. The van der Waals surface area contributed by atoms with E-state index >= 15 is 0 Å². The van der Waals surface area contributed by atoms with Gasteiger partial charge in [-0.2, -0.15) is 0 Å². The average molecular weight is 682 g/mol. The van der Waals surface area contributed by atoms with Gasteiger partial charge in [-0.15, -0.1) is 0 Å². The Morgan fingerprint density at radius 2 is 1.40 bits per heavy atom. The van der Waals surface area contributed by atoms with Crippen LogP contribution in [0.25, 0.3) is 0 Å². The summed E-state index contributed by atoms with van der Waals surface area (Å²) in [6.45, 7) is 8.16. The number of ether oxygens (including phenoxy) is 1. The van der Waals surface area contributed by atoms with Gasteiger partial charge in [0, 0.05) is 25.0 Å². The van der Waals surface area contributed by atoms with Gasteiger partial charge in [-0.25, -0.2) is 4.79 Å². The number of benzene rings is 3. The lowest BCUT2D eigenvalue weighted by Crippen LogP contribution is -2.59. The molecule has 0 spiro atoms. The fourth-order valence-electron chi connectivity index (χ4n) is 7.04. The largest absolute Gasteiger partial charge is 0.444 e. The van der Waals surface area contributed by atoms with Crippen molar-refractivity contribution >= 4 is 23.8 Å². The molecule has 266 valence electrons. The molecule has 0 aromatic heterocycles. The molecule has 0 unspecified atom stereocenters. The Labute approximate surface area is 295 Å². The van der Waals surface area contributed by atoms with Gasteiger partial charge < -0.3 is 30.9 Å². The average Bonchev–Trinajstić information content (AvgIpc) is 3.49. The molecule has 4 amide bonds. The van der Waals surface area contributed by atoms with Crippen molar-refractivity contribution in [2.45, 2.75) is 102 Å². The predicted molar refractivity (Wildman–Crippen MR) is 193 cm³/mol. The van der Waals surface area contributed by atoms with Crippen LogP contribution in [0.5, 0.6) is 0 Å². The molecule has 2 aliphatic rings. The zero-order valence-electron chi connectivity index (χ0n) is 29.6. The third-order valence-corrected chi connectivity index (χ3v) is 9.51. The van der Waals surface area contributed by atoms with Gasteiger partial charge in [0.1, 0.15) is 23.7 Å². The minimum Gasteiger partial charge on any atom is -0.444 e. The second-order valence-corrected chi connectivity index (χ2v) is 14.3. The van der Waals surface area contributed by atoms with E-state index in [-0.39, 0.29) is 29.8 Å². The molecule has 0 radical (unpaired) electrons. The highest BCUT2D eigenvalue weighted by Crippen LogP contribution is 2.35. The SMILES string of the molecule is CC[C@H](NC(=O)OC(C)(C)C)C(=O)N[C@@H]1C(=O)N2[C@@H](CC[C@@H]1CNCc1ccccc1)CC[C@H]2C(=O)NC(c1ccccc1)c1ccccc1. The first kappa shape index (κ1) is 36.6. The van der Waals surface area contributed by atoms with Gasteiger partial charge in [-0.1, -0.05) is 97.9 Å². The van der Waals surface area contributed by atoms with E-state index in [9.17, 15) is 19.2 Å². The number of carbonyl (C=O) groups is 4. The van der Waals surface area contributed by atoms with Gasteiger partial charge >= 0.3 is 6.09 Å². The highest BCUT2D eigenvalue weighted by atomic mass is 16.6. The maximum atomic E-state index is 14.7. The van der Waals surface area contributed by atoms with Crippen LogP contribution < -0.4 is 21.3 Å². The number of amides is 4. The van der Waals surface area contributed by atoms with E-state index in [1.807, 2.05) is 91.0 Å². The monoisotopic (exact) mass is 681 g/mol. The number of alkyl carbamates (subject to hydrolysis) is 1. The third-order valence-electron chi connectivity index (χ3n) is 9.51. The normalized spacial score (nSPS) is 21.1. The molecule has 3 aromatic rings. The van der Waals surface area contributed by atoms with E-state index in [2.05, 4.69) is 21.3 Å². The highest BCUT2D eigenvalue weighted by Gasteiger charge is 2.48. The number of hydrogen-bond donors (Lipinski definition) is 4. The van der Waals surface area contributed by atoms with Gasteiger partial charge in [0.05, 0.1) is 6.04 Å². The molecular formula is C40H51N5O5. The minimum atomic E-state index is -0.898. The quantitative estimate of drug-likeness (QED) is 0.207. The van der Waals surface area contributed by atoms with E-state index in [1.54, 1.807) is 32.6 Å². The molecule has 2 fully saturated rings. The molecule has 0 aliphatic carbocycles. The first-order chi connectivity index (χ1) is 24.0. The van der Waals surface area contributed by atoms with Crippen LogP contribution in [-0.4, -0.2) is 65.0 Å². The Morgan fingerprint density at radius 3 is 1.98 bits per heavy atom. The van der Waals surface area contributed by atoms with Crippen LogP contribution in [0, 0.1) is 5.92 Å². The standard InChI is InChI=1S/C40H51N5O5/c1-5-32(42-39(49)50-40(2,3)4)36(46)44-35-30(26-41-25-27-15-9-6-10-16-27)21-22-31-23-24-33(45(31)38(35)48)37(47)43-34(28-17-11-7-12-18-28)29-19-13-8-14-20-29/h6-20,30-35,41H,5,21-26H2,1-4H3,(H,42,49)(H,43,47)(H,44,46)/t30-,31+,32+,33+,35+/m1/s1. The Morgan fingerprint density at radius 1 is 0.820 bits per heavy atom. The van der Waals surface area contributed by atoms with Crippen molar-refractivity contribution in [3.63, 3.8) is 0 Å². The minimum absolute atomic E-state index is 0.120. The highest BCUT2D eigenvalue weighted by molar-refractivity contribution is 5.95. The smallest absolute Gasteiger partial charge is 0.408 e. The molecule has 4 N–H and O–H groups in total. The summed E-state index contributed by atoms with van der Waals surface area (Å²) >= 11 is 0. The van der Waals surface area contributed by atoms with Crippen molar-refractivity contribution in [1.29, 1.82) is 0 Å². The van der Waals surface area contributed by atoms with Crippen molar-refractivity contribution in [1.82, 2.24) is 26.2 Å². The zero-order valence-corrected chi connectivity index (χ0v) is 29.6. The summed E-state index contributed by atoms with van der Waals surface area (Å²) < 4.78 is 5.40. The number of nitrogens with one attached hydrogen (secondary N) is 4. The maximum Gasteiger partial charge on any atom is 0.408 e. The number of nitrogens with zero attached hydrogens (tertiary/aromatic N) is 1. The Balaban J connectivity index is 1.37. The van der Waals surface area contributed by atoms with E-state index < -0.39 is 35.7 Å². The molecule has 3 aromatic carbocycles. The van der Waals surface area contributed by atoms with Crippen LogP contribution in [0.3, 0.4) is 0 Å². The summed E-state index contributed by atoms with van der Waals surface area (Å²) in [6.07, 6.45) is 2.24. The second kappa shape index (κ2) is 16.8. The van der Waals surface area contributed by atoms with Gasteiger partial charge in [0.15, 0.2) is 0 Å². The Hall–Kier alpha value is -4.70. The van der Waals surface area contributed by atoms with Crippen LogP contribution in [-0.2, 0) is 25.7 Å². The zero-order chi connectivity index (χ0) is 35.7. The van der Waals surface area contributed by atoms with Gasteiger partial charge in [-0.3, -0.25) is 14.4 Å². The van der Waals surface area contributed by atoms with E-state index in [4.69, 9.17) is 4.74 Å². The summed E-state index contributed by atoms with van der Waals surface area (Å²) in [7, 11) is 0. The molecule has 5 rings (SSSR count). The molecule has 10 nitrogen and oxygen atoms in total. The molecule has 0 saturated carbocycles. The number of hydrogen-bond acceptors (Lipinski definition) is 6. The fourth-order valence-corrected chi connectivity index (χ4v) is 7.04. The predicted octanol–water partition coefficient (Wildman–Crippen LogP) is 5.24. The summed E-state index contributed by atoms with van der Waals surface area (Å²) in [4.78, 5) is 56.9. The molecule has 2 aliphatic heterocycles. The summed E-state index contributed by atoms with van der Waals surface area (Å²) in [5.41, 5.74) is 2.28. The van der Waals surface area contributed by atoms with Crippen LogP contribution >= 0.6 is 0 Å². The maximum absolute atomic E-state index is 14.7. The molecule has 10 heteroatoms. The lowest BCUT2D eigenvalue weighted by Gasteiger charge is -2.33. The van der Waals surface area contributed by atoms with Crippen LogP contribution in [0.1, 0.15) is 82.5 Å². The van der Waals surface area contributed by atoms with Crippen molar-refractivity contribution in [2.24, 2.45) is 5.92 Å². The van der Waals surface area contributed by atoms with E-state index in [0.29, 0.717) is 45.2 Å². The van der Waals surface area contributed by atoms with Crippen molar-refractivity contribution in [2.75, 3.05) is 6.54 Å². The van der Waals surface area contributed by atoms with Crippen LogP contribution in [0.2, 0.25) is 0 Å². The number of rotatable bonds is 12. The Kier molecular flexibility index (Phi) is 12.3. The summed E-state index contributed by atoms with van der Waals surface area (Å²) in [5.74, 6) is -1.18. The lowest BCUT2D eigenvalue weighted by atomic mass is 9.92. The van der Waals surface area contributed by atoms with Crippen molar-refractivity contribution in [3.8, 4) is 0 Å². The summed E-state index contributed by atoms with van der Waals surface area (Å²) in [5, 5.41) is 12.4. The second-order valence-electron chi connectivity index (χ2n) is 14.3. The fraction of sp³-hybridized carbons (Fsp3) is 0.450. The van der Waals surface area contributed by atoms with Crippen molar-refractivity contribution in [3.05, 3.63) is 108 Å². The number of carbonyl (C=O) groups excluding carboxylic acids is 4.